The first-order chi connectivity index (χ1) is 7.70. The van der Waals surface area contributed by atoms with Crippen LogP contribution in [0.3, 0.4) is 0 Å². The van der Waals surface area contributed by atoms with E-state index in [1.807, 2.05) is 7.05 Å². The van der Waals surface area contributed by atoms with Crippen molar-refractivity contribution in [3.05, 3.63) is 35.4 Å². The van der Waals surface area contributed by atoms with Crippen molar-refractivity contribution in [3.63, 3.8) is 0 Å². The standard InChI is InChI=1S/C14H20N2/c1-11-10-13(15-2)4-5-14(11)12-6-8-16(3)9-7-12/h4-6,10,15H,7-9H2,1-3H3. The molecule has 0 radical (unpaired) electrons. The number of likely N-dealkylation sites (N-methyl/N-ethyl adjacent to an activating group) is 1. The van der Waals surface area contributed by atoms with Crippen molar-refractivity contribution >= 4 is 11.3 Å². The molecule has 1 N–H and O–H groups in total. The van der Waals surface area contributed by atoms with Gasteiger partial charge < -0.3 is 10.2 Å². The van der Waals surface area contributed by atoms with Crippen LogP contribution in [0.2, 0.25) is 0 Å². The summed E-state index contributed by atoms with van der Waals surface area (Å²) in [5.74, 6) is 0. The van der Waals surface area contributed by atoms with Crippen molar-refractivity contribution in [3.8, 4) is 0 Å². The van der Waals surface area contributed by atoms with Gasteiger partial charge in [-0.1, -0.05) is 12.1 Å². The van der Waals surface area contributed by atoms with Crippen molar-refractivity contribution in [2.75, 3.05) is 32.5 Å². The number of hydrogen-bond acceptors (Lipinski definition) is 2. The van der Waals surface area contributed by atoms with Gasteiger partial charge in [-0.25, -0.2) is 0 Å². The van der Waals surface area contributed by atoms with Crippen molar-refractivity contribution in [2.24, 2.45) is 0 Å². The molecule has 1 aromatic carbocycles. The Labute approximate surface area is 98.0 Å². The lowest BCUT2D eigenvalue weighted by Gasteiger charge is -2.23. The van der Waals surface area contributed by atoms with Crippen molar-refractivity contribution in [1.29, 1.82) is 0 Å². The van der Waals surface area contributed by atoms with E-state index < -0.39 is 0 Å². The van der Waals surface area contributed by atoms with Crippen LogP contribution in [0.15, 0.2) is 24.3 Å². The fraction of sp³-hybridized carbons (Fsp3) is 0.429. The van der Waals surface area contributed by atoms with E-state index in [1.165, 1.54) is 28.9 Å². The monoisotopic (exact) mass is 216 g/mol. The van der Waals surface area contributed by atoms with Crippen LogP contribution in [-0.4, -0.2) is 32.1 Å². The molecule has 1 aliphatic heterocycles. The van der Waals surface area contributed by atoms with E-state index in [1.54, 1.807) is 0 Å². The van der Waals surface area contributed by atoms with Gasteiger partial charge in [0.25, 0.3) is 0 Å². The molecule has 2 rings (SSSR count). The van der Waals surface area contributed by atoms with Gasteiger partial charge in [0.1, 0.15) is 0 Å². The molecule has 2 heteroatoms. The summed E-state index contributed by atoms with van der Waals surface area (Å²) in [6.07, 6.45) is 3.52. The predicted molar refractivity (Wildman–Crippen MR) is 70.8 cm³/mol. The fourth-order valence-electron chi connectivity index (χ4n) is 2.19. The van der Waals surface area contributed by atoms with Crippen LogP contribution in [0.5, 0.6) is 0 Å². The number of aryl methyl sites for hydroxylation is 1. The van der Waals surface area contributed by atoms with Crippen molar-refractivity contribution < 1.29 is 0 Å². The molecule has 1 aromatic rings. The zero-order chi connectivity index (χ0) is 11.5. The smallest absolute Gasteiger partial charge is 0.0340 e. The summed E-state index contributed by atoms with van der Waals surface area (Å²) >= 11 is 0. The van der Waals surface area contributed by atoms with E-state index >= 15 is 0 Å². The maximum atomic E-state index is 3.18. The van der Waals surface area contributed by atoms with Crippen molar-refractivity contribution in [2.45, 2.75) is 13.3 Å². The van der Waals surface area contributed by atoms with Crippen LogP contribution >= 0.6 is 0 Å². The van der Waals surface area contributed by atoms with E-state index in [4.69, 9.17) is 0 Å². The molecule has 0 saturated carbocycles. The summed E-state index contributed by atoms with van der Waals surface area (Å²) in [5.41, 5.74) is 5.46. The zero-order valence-corrected chi connectivity index (χ0v) is 10.4. The van der Waals surface area contributed by atoms with Gasteiger partial charge in [0.2, 0.25) is 0 Å². The Morgan fingerprint density at radius 1 is 1.31 bits per heavy atom. The molecule has 0 aliphatic carbocycles. The van der Waals surface area contributed by atoms with Gasteiger partial charge in [-0.15, -0.1) is 0 Å². The Morgan fingerprint density at radius 3 is 2.69 bits per heavy atom. The molecule has 0 saturated heterocycles. The Morgan fingerprint density at radius 2 is 2.12 bits per heavy atom. The van der Waals surface area contributed by atoms with Crippen LogP contribution in [0.1, 0.15) is 17.5 Å². The Bertz CT molecular complexity index is 407. The lowest BCUT2D eigenvalue weighted by atomic mass is 9.95. The number of nitrogens with one attached hydrogen (secondary N) is 1. The SMILES string of the molecule is CNc1ccc(C2=CCN(C)CC2)c(C)c1. The van der Waals surface area contributed by atoms with Gasteiger partial charge in [-0.2, -0.15) is 0 Å². The summed E-state index contributed by atoms with van der Waals surface area (Å²) < 4.78 is 0. The number of rotatable bonds is 2. The summed E-state index contributed by atoms with van der Waals surface area (Å²) in [6, 6.07) is 6.61. The first-order valence-electron chi connectivity index (χ1n) is 5.87. The van der Waals surface area contributed by atoms with Gasteiger partial charge in [0, 0.05) is 25.8 Å². The summed E-state index contributed by atoms with van der Waals surface area (Å²) in [6.45, 7) is 4.43. The van der Waals surface area contributed by atoms with Gasteiger partial charge >= 0.3 is 0 Å². The van der Waals surface area contributed by atoms with Gasteiger partial charge in [0.05, 0.1) is 0 Å². The Hall–Kier alpha value is -1.28. The summed E-state index contributed by atoms with van der Waals surface area (Å²) in [5, 5.41) is 3.18. The second-order valence-electron chi connectivity index (χ2n) is 4.52. The largest absolute Gasteiger partial charge is 0.388 e. The summed E-state index contributed by atoms with van der Waals surface area (Å²) in [4.78, 5) is 2.35. The minimum Gasteiger partial charge on any atom is -0.388 e. The highest BCUT2D eigenvalue weighted by atomic mass is 15.1. The average Bonchev–Trinajstić information content (AvgIpc) is 2.30. The highest BCUT2D eigenvalue weighted by Gasteiger charge is 2.11. The van der Waals surface area contributed by atoms with Crippen LogP contribution in [-0.2, 0) is 0 Å². The number of anilines is 1. The number of benzene rings is 1. The van der Waals surface area contributed by atoms with E-state index in [0.29, 0.717) is 0 Å². The Kier molecular flexibility index (Phi) is 3.30. The van der Waals surface area contributed by atoms with E-state index in [2.05, 4.69) is 48.5 Å². The lowest BCUT2D eigenvalue weighted by Crippen LogP contribution is -2.23. The van der Waals surface area contributed by atoms with Gasteiger partial charge in [0.15, 0.2) is 0 Å². The minimum atomic E-state index is 1.07. The van der Waals surface area contributed by atoms with Gasteiger partial charge in [-0.05, 0) is 49.2 Å². The highest BCUT2D eigenvalue weighted by molar-refractivity contribution is 5.71. The minimum absolute atomic E-state index is 1.07. The molecule has 0 atom stereocenters. The molecule has 0 unspecified atom stereocenters. The topological polar surface area (TPSA) is 15.3 Å². The van der Waals surface area contributed by atoms with Crippen LogP contribution in [0.4, 0.5) is 5.69 Å². The second-order valence-corrected chi connectivity index (χ2v) is 4.52. The third-order valence-corrected chi connectivity index (χ3v) is 3.27. The maximum absolute atomic E-state index is 3.18. The molecule has 0 bridgehead atoms. The molecule has 86 valence electrons. The second kappa shape index (κ2) is 4.71. The zero-order valence-electron chi connectivity index (χ0n) is 10.4. The molecule has 1 heterocycles. The van der Waals surface area contributed by atoms with E-state index in [9.17, 15) is 0 Å². The van der Waals surface area contributed by atoms with Crippen LogP contribution in [0.25, 0.3) is 5.57 Å². The molecule has 0 spiro atoms. The quantitative estimate of drug-likeness (QED) is 0.817. The van der Waals surface area contributed by atoms with Crippen molar-refractivity contribution in [1.82, 2.24) is 4.90 Å². The molecule has 0 fully saturated rings. The van der Waals surface area contributed by atoms with E-state index in [-0.39, 0.29) is 0 Å². The molecule has 16 heavy (non-hydrogen) atoms. The molecular formula is C14H20N2. The Balaban J connectivity index is 2.27. The first kappa shape index (κ1) is 11.2. The predicted octanol–water partition coefficient (Wildman–Crippen LogP) is 2.76. The van der Waals surface area contributed by atoms with Crippen LogP contribution < -0.4 is 5.32 Å². The number of hydrogen-bond donors (Lipinski definition) is 1. The lowest BCUT2D eigenvalue weighted by molar-refractivity contribution is 0.370. The highest BCUT2D eigenvalue weighted by Crippen LogP contribution is 2.26. The average molecular weight is 216 g/mol. The normalized spacial score (nSPS) is 17.1. The maximum Gasteiger partial charge on any atom is 0.0340 e. The van der Waals surface area contributed by atoms with E-state index in [0.717, 1.165) is 13.0 Å². The van der Waals surface area contributed by atoms with Crippen LogP contribution in [0, 0.1) is 6.92 Å². The first-order valence-corrected chi connectivity index (χ1v) is 5.87. The summed E-state index contributed by atoms with van der Waals surface area (Å²) in [7, 11) is 4.13. The number of nitrogens with zero attached hydrogens (tertiary/aromatic N) is 1. The molecule has 2 nitrogen and oxygen atoms in total. The molecule has 1 aliphatic rings. The molecular weight excluding hydrogens is 196 g/mol. The molecule has 0 aromatic heterocycles. The fourth-order valence-corrected chi connectivity index (χ4v) is 2.19. The third kappa shape index (κ3) is 2.27. The molecule has 0 amide bonds. The van der Waals surface area contributed by atoms with Gasteiger partial charge in [-0.3, -0.25) is 0 Å². The third-order valence-electron chi connectivity index (χ3n) is 3.27.